The van der Waals surface area contributed by atoms with Gasteiger partial charge in [-0.25, -0.2) is 8.78 Å². The average molecular weight is 259 g/mol. The predicted octanol–water partition coefficient (Wildman–Crippen LogP) is 2.20. The Kier molecular flexibility index (Phi) is 2.84. The van der Waals surface area contributed by atoms with Crippen LogP contribution in [0.3, 0.4) is 0 Å². The number of alkyl halides is 2. The molecule has 0 unspecified atom stereocenters. The van der Waals surface area contributed by atoms with E-state index in [1.807, 2.05) is 0 Å². The van der Waals surface area contributed by atoms with Crippen LogP contribution in [-0.2, 0) is 9.53 Å². The zero-order valence-electron chi connectivity index (χ0n) is 10.5. The first-order valence-electron chi connectivity index (χ1n) is 6.83. The van der Waals surface area contributed by atoms with E-state index in [9.17, 15) is 13.6 Å². The molecule has 1 atom stereocenters. The summed E-state index contributed by atoms with van der Waals surface area (Å²) in [5.74, 6) is -4.18. The van der Waals surface area contributed by atoms with Crippen molar-refractivity contribution in [2.24, 2.45) is 5.92 Å². The molecular formula is C13H19F2NO2. The van der Waals surface area contributed by atoms with E-state index in [0.717, 1.165) is 25.7 Å². The van der Waals surface area contributed by atoms with Crippen molar-refractivity contribution in [3.8, 4) is 0 Å². The zero-order chi connectivity index (χ0) is 12.8. The fraction of sp³-hybridized carbons (Fsp3) is 0.923. The minimum absolute atomic E-state index is 0.240. The van der Waals surface area contributed by atoms with E-state index in [1.54, 1.807) is 4.90 Å². The quantitative estimate of drug-likeness (QED) is 0.722. The molecule has 1 saturated heterocycles. The molecule has 2 saturated carbocycles. The third-order valence-electron chi connectivity index (χ3n) is 4.45. The number of hydrogen-bond donors (Lipinski definition) is 0. The van der Waals surface area contributed by atoms with Gasteiger partial charge in [-0.3, -0.25) is 4.79 Å². The van der Waals surface area contributed by atoms with E-state index in [-0.39, 0.29) is 17.9 Å². The Morgan fingerprint density at radius 1 is 1.22 bits per heavy atom. The molecule has 0 aromatic rings. The number of nitrogens with zero attached hydrogens (tertiary/aromatic N) is 1. The van der Waals surface area contributed by atoms with E-state index >= 15 is 0 Å². The second-order valence-electron chi connectivity index (χ2n) is 5.87. The van der Waals surface area contributed by atoms with E-state index in [2.05, 4.69) is 0 Å². The highest BCUT2D eigenvalue weighted by Crippen LogP contribution is 2.50. The number of hydrogen-bond acceptors (Lipinski definition) is 2. The van der Waals surface area contributed by atoms with Gasteiger partial charge in [0, 0.05) is 19.5 Å². The van der Waals surface area contributed by atoms with Crippen LogP contribution >= 0.6 is 0 Å². The van der Waals surface area contributed by atoms with Gasteiger partial charge in [0.1, 0.15) is 5.92 Å². The van der Waals surface area contributed by atoms with Gasteiger partial charge in [-0.15, -0.1) is 0 Å². The highest BCUT2D eigenvalue weighted by atomic mass is 19.3. The average Bonchev–Trinajstić information content (AvgIpc) is 2.98. The van der Waals surface area contributed by atoms with Crippen LogP contribution in [0.1, 0.15) is 38.5 Å². The molecule has 2 aliphatic carbocycles. The topological polar surface area (TPSA) is 29.5 Å². The second kappa shape index (κ2) is 4.15. The van der Waals surface area contributed by atoms with Crippen molar-refractivity contribution in [2.45, 2.75) is 50.0 Å². The lowest BCUT2D eigenvalue weighted by molar-refractivity contribution is -0.159. The summed E-state index contributed by atoms with van der Waals surface area (Å²) in [5.41, 5.74) is -0.240. The normalized spacial score (nSPS) is 33.4. The van der Waals surface area contributed by atoms with Crippen LogP contribution in [0.4, 0.5) is 8.78 Å². The van der Waals surface area contributed by atoms with Gasteiger partial charge in [-0.2, -0.15) is 0 Å². The maximum Gasteiger partial charge on any atom is 0.260 e. The number of ether oxygens (including phenoxy) is 1. The van der Waals surface area contributed by atoms with Crippen molar-refractivity contribution in [1.29, 1.82) is 0 Å². The molecule has 5 heteroatoms. The molecule has 1 amide bonds. The number of rotatable bonds is 1. The van der Waals surface area contributed by atoms with Gasteiger partial charge in [-0.1, -0.05) is 19.3 Å². The molecule has 0 N–H and O–H groups in total. The highest BCUT2D eigenvalue weighted by Gasteiger charge is 2.62. The number of carbonyl (C=O) groups is 1. The lowest BCUT2D eigenvalue weighted by Gasteiger charge is -2.45. The fourth-order valence-electron chi connectivity index (χ4n) is 3.23. The zero-order valence-corrected chi connectivity index (χ0v) is 10.5. The van der Waals surface area contributed by atoms with E-state index < -0.39 is 11.8 Å². The van der Waals surface area contributed by atoms with Gasteiger partial charge in [0.05, 0.1) is 12.2 Å². The van der Waals surface area contributed by atoms with E-state index in [0.29, 0.717) is 19.7 Å². The first-order valence-corrected chi connectivity index (χ1v) is 6.83. The lowest BCUT2D eigenvalue weighted by Crippen LogP contribution is -2.55. The van der Waals surface area contributed by atoms with Gasteiger partial charge in [0.15, 0.2) is 0 Å². The maximum atomic E-state index is 13.0. The van der Waals surface area contributed by atoms with Crippen LogP contribution in [0.5, 0.6) is 0 Å². The molecule has 0 aromatic heterocycles. The molecular weight excluding hydrogens is 240 g/mol. The van der Waals surface area contributed by atoms with Crippen molar-refractivity contribution in [2.75, 3.05) is 19.7 Å². The summed E-state index contributed by atoms with van der Waals surface area (Å²) >= 11 is 0. The summed E-state index contributed by atoms with van der Waals surface area (Å²) in [6.45, 7) is 1.47. The third-order valence-corrected chi connectivity index (χ3v) is 4.45. The molecule has 3 rings (SSSR count). The van der Waals surface area contributed by atoms with Gasteiger partial charge in [0.2, 0.25) is 5.91 Å². The molecule has 0 aromatic carbocycles. The number of amides is 1. The van der Waals surface area contributed by atoms with Crippen LogP contribution in [0.25, 0.3) is 0 Å². The van der Waals surface area contributed by atoms with Crippen LogP contribution in [0.15, 0.2) is 0 Å². The van der Waals surface area contributed by atoms with Gasteiger partial charge in [0.25, 0.3) is 5.92 Å². The molecule has 1 aliphatic heterocycles. The molecule has 0 bridgehead atoms. The standard InChI is InChI=1S/C13H19F2NO2/c14-13(15)8-10(13)11(17)16-6-7-18-12(9-16)4-2-1-3-5-12/h10H,1-9H2/t10-/m1/s1. The molecule has 102 valence electrons. The molecule has 0 radical (unpaired) electrons. The third kappa shape index (κ3) is 2.13. The Bertz CT molecular complexity index is 347. The monoisotopic (exact) mass is 259 g/mol. The SMILES string of the molecule is O=C([C@H]1CC1(F)F)N1CCOC2(CCCCC2)C1. The smallest absolute Gasteiger partial charge is 0.260 e. The summed E-state index contributed by atoms with van der Waals surface area (Å²) < 4.78 is 31.8. The van der Waals surface area contributed by atoms with Crippen molar-refractivity contribution >= 4 is 5.91 Å². The first kappa shape index (κ1) is 12.3. The van der Waals surface area contributed by atoms with Crippen LogP contribution in [0.2, 0.25) is 0 Å². The second-order valence-corrected chi connectivity index (χ2v) is 5.87. The van der Waals surface area contributed by atoms with Crippen molar-refractivity contribution in [3.05, 3.63) is 0 Å². The summed E-state index contributed by atoms with van der Waals surface area (Å²) in [6, 6.07) is 0. The van der Waals surface area contributed by atoms with Crippen molar-refractivity contribution in [3.63, 3.8) is 0 Å². The van der Waals surface area contributed by atoms with Crippen molar-refractivity contribution < 1.29 is 18.3 Å². The first-order chi connectivity index (χ1) is 8.53. The molecule has 18 heavy (non-hydrogen) atoms. The Labute approximate surface area is 105 Å². The Balaban J connectivity index is 1.65. The van der Waals surface area contributed by atoms with Gasteiger partial charge < -0.3 is 9.64 Å². The van der Waals surface area contributed by atoms with E-state index in [1.165, 1.54) is 6.42 Å². The van der Waals surface area contributed by atoms with Crippen LogP contribution < -0.4 is 0 Å². The van der Waals surface area contributed by atoms with Crippen LogP contribution in [0, 0.1) is 5.92 Å². The highest BCUT2D eigenvalue weighted by molar-refractivity contribution is 5.83. The summed E-state index contributed by atoms with van der Waals surface area (Å²) in [4.78, 5) is 13.6. The fourth-order valence-corrected chi connectivity index (χ4v) is 3.23. The molecule has 3 nitrogen and oxygen atoms in total. The lowest BCUT2D eigenvalue weighted by atomic mass is 9.83. The van der Waals surface area contributed by atoms with Crippen molar-refractivity contribution in [1.82, 2.24) is 4.90 Å². The maximum absolute atomic E-state index is 13.0. The molecule has 3 aliphatic rings. The Morgan fingerprint density at radius 2 is 1.89 bits per heavy atom. The Morgan fingerprint density at radius 3 is 2.50 bits per heavy atom. The van der Waals surface area contributed by atoms with Crippen LogP contribution in [-0.4, -0.2) is 42.0 Å². The molecule has 1 spiro atoms. The van der Waals surface area contributed by atoms with Gasteiger partial charge >= 0.3 is 0 Å². The number of morpholine rings is 1. The number of carbonyl (C=O) groups excluding carboxylic acids is 1. The predicted molar refractivity (Wildman–Crippen MR) is 61.4 cm³/mol. The van der Waals surface area contributed by atoms with E-state index in [4.69, 9.17) is 4.74 Å². The van der Waals surface area contributed by atoms with Gasteiger partial charge in [-0.05, 0) is 12.8 Å². The Hall–Kier alpha value is -0.710. The summed E-state index contributed by atoms with van der Waals surface area (Å²) in [7, 11) is 0. The molecule has 1 heterocycles. The minimum atomic E-state index is -2.75. The largest absolute Gasteiger partial charge is 0.371 e. The minimum Gasteiger partial charge on any atom is -0.371 e. The summed E-state index contributed by atoms with van der Waals surface area (Å²) in [6.07, 6.45) is 5.08. The summed E-state index contributed by atoms with van der Waals surface area (Å²) in [5, 5.41) is 0. The number of halogens is 2. The molecule has 3 fully saturated rings.